The maximum Gasteiger partial charge on any atom is 0.196 e. The van der Waals surface area contributed by atoms with Gasteiger partial charge in [-0.05, 0) is 19.1 Å². The largest absolute Gasteiger partial charge is 0.450 e. The van der Waals surface area contributed by atoms with E-state index in [0.29, 0.717) is 0 Å². The summed E-state index contributed by atoms with van der Waals surface area (Å²) >= 11 is 0. The smallest absolute Gasteiger partial charge is 0.196 e. The first-order valence-electron chi connectivity index (χ1n) is 8.80. The van der Waals surface area contributed by atoms with Crippen LogP contribution in [0.25, 0.3) is 22.1 Å². The van der Waals surface area contributed by atoms with Gasteiger partial charge in [-0.15, -0.1) is 0 Å². The average molecular weight is 349 g/mol. The SMILES string of the molecule is Cc1cc(CN2CCN(c3ncnc4c3oc3ccccc34)CC2)no1. The lowest BCUT2D eigenvalue weighted by Gasteiger charge is -2.34. The van der Waals surface area contributed by atoms with Gasteiger partial charge >= 0.3 is 0 Å². The molecule has 0 spiro atoms. The van der Waals surface area contributed by atoms with E-state index >= 15 is 0 Å². The van der Waals surface area contributed by atoms with Gasteiger partial charge < -0.3 is 13.8 Å². The number of furan rings is 1. The van der Waals surface area contributed by atoms with Gasteiger partial charge in [0.25, 0.3) is 0 Å². The number of piperazine rings is 1. The highest BCUT2D eigenvalue weighted by Crippen LogP contribution is 2.32. The Morgan fingerprint density at radius 1 is 1.08 bits per heavy atom. The second kappa shape index (κ2) is 6.10. The number of rotatable bonds is 3. The predicted octanol–water partition coefficient (Wildman–Crippen LogP) is 2.99. The Morgan fingerprint density at radius 2 is 1.92 bits per heavy atom. The van der Waals surface area contributed by atoms with Crippen LogP contribution in [-0.2, 0) is 6.54 Å². The van der Waals surface area contributed by atoms with Gasteiger partial charge in [0.05, 0.1) is 5.69 Å². The molecular weight excluding hydrogens is 330 g/mol. The van der Waals surface area contributed by atoms with Gasteiger partial charge in [0.1, 0.15) is 23.2 Å². The average Bonchev–Trinajstić information content (AvgIpc) is 3.25. The molecule has 1 fully saturated rings. The summed E-state index contributed by atoms with van der Waals surface area (Å²) in [5.74, 6) is 1.73. The molecule has 7 heteroatoms. The molecule has 0 N–H and O–H groups in total. The summed E-state index contributed by atoms with van der Waals surface area (Å²) in [6.07, 6.45) is 1.63. The molecule has 0 aliphatic carbocycles. The fourth-order valence-electron chi connectivity index (χ4n) is 3.58. The maximum atomic E-state index is 6.06. The molecule has 0 bridgehead atoms. The first kappa shape index (κ1) is 15.3. The van der Waals surface area contributed by atoms with E-state index in [1.807, 2.05) is 37.3 Å². The van der Waals surface area contributed by atoms with E-state index in [0.717, 1.165) is 72.1 Å². The minimum absolute atomic E-state index is 0.772. The zero-order valence-corrected chi connectivity index (χ0v) is 14.6. The predicted molar refractivity (Wildman–Crippen MR) is 98.0 cm³/mol. The van der Waals surface area contributed by atoms with Crippen molar-refractivity contribution in [2.45, 2.75) is 13.5 Å². The van der Waals surface area contributed by atoms with Crippen molar-refractivity contribution in [3.8, 4) is 0 Å². The molecule has 0 saturated carbocycles. The standard InChI is InChI=1S/C19H19N5O2/c1-13-10-14(22-26-13)11-23-6-8-24(9-7-23)19-18-17(20-12-21-19)15-4-2-3-5-16(15)25-18/h2-5,10,12H,6-9,11H2,1H3. The quantitative estimate of drug-likeness (QED) is 0.563. The van der Waals surface area contributed by atoms with E-state index in [1.54, 1.807) is 6.33 Å². The zero-order valence-electron chi connectivity index (χ0n) is 14.6. The lowest BCUT2D eigenvalue weighted by atomic mass is 10.2. The Balaban J connectivity index is 1.38. The van der Waals surface area contributed by atoms with Gasteiger partial charge in [0.2, 0.25) is 0 Å². The van der Waals surface area contributed by atoms with Crippen LogP contribution in [0, 0.1) is 6.92 Å². The molecule has 1 aliphatic rings. The van der Waals surface area contributed by atoms with Crippen LogP contribution >= 0.6 is 0 Å². The molecule has 0 atom stereocenters. The van der Waals surface area contributed by atoms with E-state index < -0.39 is 0 Å². The van der Waals surface area contributed by atoms with Crippen molar-refractivity contribution >= 4 is 27.9 Å². The van der Waals surface area contributed by atoms with E-state index in [9.17, 15) is 0 Å². The van der Waals surface area contributed by atoms with Crippen LogP contribution < -0.4 is 4.90 Å². The first-order valence-corrected chi connectivity index (χ1v) is 8.80. The lowest BCUT2D eigenvalue weighted by Crippen LogP contribution is -2.46. The molecule has 132 valence electrons. The molecule has 4 heterocycles. The second-order valence-electron chi connectivity index (χ2n) is 6.67. The van der Waals surface area contributed by atoms with Crippen molar-refractivity contribution in [1.29, 1.82) is 0 Å². The van der Waals surface area contributed by atoms with Crippen LogP contribution in [0.2, 0.25) is 0 Å². The van der Waals surface area contributed by atoms with Crippen LogP contribution in [0.3, 0.4) is 0 Å². The molecule has 0 amide bonds. The van der Waals surface area contributed by atoms with Crippen LogP contribution in [0.5, 0.6) is 0 Å². The Kier molecular flexibility index (Phi) is 3.60. The normalized spacial score (nSPS) is 16.0. The van der Waals surface area contributed by atoms with E-state index in [2.05, 4.69) is 24.9 Å². The highest BCUT2D eigenvalue weighted by Gasteiger charge is 2.23. The van der Waals surface area contributed by atoms with Crippen molar-refractivity contribution in [2.24, 2.45) is 0 Å². The molecule has 1 saturated heterocycles. The second-order valence-corrected chi connectivity index (χ2v) is 6.67. The Morgan fingerprint density at radius 3 is 2.73 bits per heavy atom. The van der Waals surface area contributed by atoms with E-state index in [4.69, 9.17) is 8.94 Å². The van der Waals surface area contributed by atoms with Crippen molar-refractivity contribution in [1.82, 2.24) is 20.0 Å². The van der Waals surface area contributed by atoms with Crippen molar-refractivity contribution in [3.63, 3.8) is 0 Å². The Labute approximate surface area is 150 Å². The topological polar surface area (TPSA) is 71.4 Å². The molecule has 4 aromatic rings. The summed E-state index contributed by atoms with van der Waals surface area (Å²) in [6.45, 7) is 6.40. The monoisotopic (exact) mass is 349 g/mol. The summed E-state index contributed by atoms with van der Waals surface area (Å²) in [5.41, 5.74) is 3.49. The zero-order chi connectivity index (χ0) is 17.5. The number of para-hydroxylation sites is 1. The van der Waals surface area contributed by atoms with Gasteiger partial charge in [0.15, 0.2) is 11.4 Å². The fraction of sp³-hybridized carbons (Fsp3) is 0.316. The third-order valence-corrected chi connectivity index (χ3v) is 4.87. The number of anilines is 1. The molecule has 0 unspecified atom stereocenters. The molecule has 1 aliphatic heterocycles. The molecule has 26 heavy (non-hydrogen) atoms. The molecule has 1 aromatic carbocycles. The number of fused-ring (bicyclic) bond motifs is 3. The summed E-state index contributed by atoms with van der Waals surface area (Å²) in [4.78, 5) is 13.6. The van der Waals surface area contributed by atoms with Crippen LogP contribution in [0.4, 0.5) is 5.82 Å². The van der Waals surface area contributed by atoms with Crippen molar-refractivity contribution in [3.05, 3.63) is 48.1 Å². The summed E-state index contributed by atoms with van der Waals surface area (Å²) in [6, 6.07) is 9.98. The summed E-state index contributed by atoms with van der Waals surface area (Å²) in [5, 5.41) is 5.12. The highest BCUT2D eigenvalue weighted by atomic mass is 16.5. The van der Waals surface area contributed by atoms with Crippen LogP contribution in [0.15, 0.2) is 45.6 Å². The summed E-state index contributed by atoms with van der Waals surface area (Å²) < 4.78 is 11.2. The molecule has 5 rings (SSSR count). The van der Waals surface area contributed by atoms with E-state index in [-0.39, 0.29) is 0 Å². The highest BCUT2D eigenvalue weighted by molar-refractivity contribution is 6.05. The molecular formula is C19H19N5O2. The van der Waals surface area contributed by atoms with Crippen LogP contribution in [0.1, 0.15) is 11.5 Å². The van der Waals surface area contributed by atoms with E-state index in [1.165, 1.54) is 0 Å². The molecule has 0 radical (unpaired) electrons. The third kappa shape index (κ3) is 2.61. The minimum atomic E-state index is 0.772. The van der Waals surface area contributed by atoms with Crippen molar-refractivity contribution in [2.75, 3.05) is 31.1 Å². The first-order chi connectivity index (χ1) is 12.8. The third-order valence-electron chi connectivity index (χ3n) is 4.87. The van der Waals surface area contributed by atoms with Gasteiger partial charge in [-0.3, -0.25) is 4.90 Å². The van der Waals surface area contributed by atoms with Gasteiger partial charge in [-0.1, -0.05) is 17.3 Å². The summed E-state index contributed by atoms with van der Waals surface area (Å²) in [7, 11) is 0. The Hall–Kier alpha value is -2.93. The van der Waals surface area contributed by atoms with Crippen molar-refractivity contribution < 1.29 is 8.94 Å². The lowest BCUT2D eigenvalue weighted by molar-refractivity contribution is 0.241. The van der Waals surface area contributed by atoms with Gasteiger partial charge in [-0.2, -0.15) is 0 Å². The van der Waals surface area contributed by atoms with Crippen LogP contribution in [-0.4, -0.2) is 46.2 Å². The number of hydrogen-bond acceptors (Lipinski definition) is 7. The number of hydrogen-bond donors (Lipinski definition) is 0. The minimum Gasteiger partial charge on any atom is -0.450 e. The number of aromatic nitrogens is 3. The number of nitrogens with zero attached hydrogens (tertiary/aromatic N) is 5. The fourth-order valence-corrected chi connectivity index (χ4v) is 3.58. The molecule has 7 nitrogen and oxygen atoms in total. The number of benzene rings is 1. The van der Waals surface area contributed by atoms with Gasteiger partial charge in [0, 0.05) is 44.2 Å². The Bertz CT molecular complexity index is 1060. The molecule has 3 aromatic heterocycles. The maximum absolute atomic E-state index is 6.06. The number of aryl methyl sites for hydroxylation is 1. The van der Waals surface area contributed by atoms with Gasteiger partial charge in [-0.25, -0.2) is 9.97 Å².